The third-order valence-corrected chi connectivity index (χ3v) is 4.81. The minimum Gasteiger partial charge on any atom is -0.497 e. The van der Waals surface area contributed by atoms with Gasteiger partial charge in [-0.1, -0.05) is 0 Å². The van der Waals surface area contributed by atoms with Crippen molar-refractivity contribution in [3.63, 3.8) is 0 Å². The first-order valence-electron chi connectivity index (χ1n) is 7.36. The Kier molecular flexibility index (Phi) is 5.15. The summed E-state index contributed by atoms with van der Waals surface area (Å²) in [5, 5.41) is 3.26. The second-order valence-electron chi connectivity index (χ2n) is 5.61. The maximum Gasteiger partial charge on any atom is 0.262 e. The highest BCUT2D eigenvalue weighted by atomic mass is 32.2. The molecular weight excluding hydrogens is 312 g/mol. The van der Waals surface area contributed by atoms with Crippen LogP contribution in [0.2, 0.25) is 0 Å². The van der Waals surface area contributed by atoms with E-state index in [1.54, 1.807) is 44.4 Å². The number of nitrogens with one attached hydrogen (secondary N) is 2. The number of aryl methyl sites for hydroxylation is 1. The van der Waals surface area contributed by atoms with Gasteiger partial charge in [0.1, 0.15) is 5.75 Å². The number of benzene rings is 2. The highest BCUT2D eigenvalue weighted by Gasteiger charge is 2.17. The highest BCUT2D eigenvalue weighted by Crippen LogP contribution is 2.24. The standard InChI is InChI=1S/C17H22N2O3S/c1-12(2)18-14-5-7-15(8-6-14)19-23(20,21)17-10-9-16(22-4)11-13(17)3/h5-12,18-19H,1-4H3. The predicted molar refractivity (Wildman–Crippen MR) is 93.7 cm³/mol. The molecule has 0 heterocycles. The zero-order chi connectivity index (χ0) is 17.0. The molecule has 0 aliphatic heterocycles. The number of hydrogen-bond acceptors (Lipinski definition) is 4. The zero-order valence-electron chi connectivity index (χ0n) is 13.8. The van der Waals surface area contributed by atoms with E-state index in [1.807, 2.05) is 26.0 Å². The molecule has 0 spiro atoms. The molecule has 0 saturated carbocycles. The molecule has 5 nitrogen and oxygen atoms in total. The van der Waals surface area contributed by atoms with Gasteiger partial charge in [-0.05, 0) is 68.8 Å². The Morgan fingerprint density at radius 2 is 1.61 bits per heavy atom. The molecule has 124 valence electrons. The quantitative estimate of drug-likeness (QED) is 0.846. The number of sulfonamides is 1. The zero-order valence-corrected chi connectivity index (χ0v) is 14.6. The van der Waals surface area contributed by atoms with Gasteiger partial charge in [-0.15, -0.1) is 0 Å². The first-order chi connectivity index (χ1) is 10.8. The van der Waals surface area contributed by atoms with Gasteiger partial charge < -0.3 is 10.1 Å². The lowest BCUT2D eigenvalue weighted by molar-refractivity contribution is 0.414. The maximum atomic E-state index is 12.5. The van der Waals surface area contributed by atoms with E-state index in [4.69, 9.17) is 4.74 Å². The van der Waals surface area contributed by atoms with Crippen LogP contribution in [0.5, 0.6) is 5.75 Å². The first-order valence-corrected chi connectivity index (χ1v) is 8.84. The number of methoxy groups -OCH3 is 1. The fourth-order valence-corrected chi connectivity index (χ4v) is 3.51. The molecule has 6 heteroatoms. The smallest absolute Gasteiger partial charge is 0.262 e. The van der Waals surface area contributed by atoms with Crippen molar-refractivity contribution >= 4 is 21.4 Å². The summed E-state index contributed by atoms with van der Waals surface area (Å²) >= 11 is 0. The number of ether oxygens (including phenoxy) is 1. The molecule has 0 amide bonds. The molecule has 0 bridgehead atoms. The summed E-state index contributed by atoms with van der Waals surface area (Å²) in [6.45, 7) is 5.83. The molecule has 0 aliphatic rings. The van der Waals surface area contributed by atoms with E-state index in [9.17, 15) is 8.42 Å². The van der Waals surface area contributed by atoms with Crippen LogP contribution in [0.1, 0.15) is 19.4 Å². The highest BCUT2D eigenvalue weighted by molar-refractivity contribution is 7.92. The van der Waals surface area contributed by atoms with Gasteiger partial charge in [-0.25, -0.2) is 8.42 Å². The van der Waals surface area contributed by atoms with E-state index in [1.165, 1.54) is 0 Å². The fourth-order valence-electron chi connectivity index (χ4n) is 2.23. The molecule has 0 atom stereocenters. The molecule has 0 fully saturated rings. The summed E-state index contributed by atoms with van der Waals surface area (Å²) in [4.78, 5) is 0.239. The average Bonchev–Trinajstić information content (AvgIpc) is 2.48. The van der Waals surface area contributed by atoms with E-state index in [0.29, 0.717) is 23.0 Å². The minimum atomic E-state index is -3.63. The van der Waals surface area contributed by atoms with Crippen molar-refractivity contribution in [2.75, 3.05) is 17.1 Å². The first kappa shape index (κ1) is 17.1. The van der Waals surface area contributed by atoms with E-state index in [2.05, 4.69) is 10.0 Å². The van der Waals surface area contributed by atoms with Gasteiger partial charge in [-0.2, -0.15) is 0 Å². The second kappa shape index (κ2) is 6.91. The molecule has 2 N–H and O–H groups in total. The van der Waals surface area contributed by atoms with Crippen LogP contribution >= 0.6 is 0 Å². The van der Waals surface area contributed by atoms with E-state index < -0.39 is 10.0 Å². The fraction of sp³-hybridized carbons (Fsp3) is 0.294. The summed E-state index contributed by atoms with van der Waals surface area (Å²) in [6, 6.07) is 12.4. The Labute approximate surface area is 137 Å². The number of anilines is 2. The maximum absolute atomic E-state index is 12.5. The van der Waals surface area contributed by atoms with Crippen LogP contribution in [-0.4, -0.2) is 21.6 Å². The van der Waals surface area contributed by atoms with Crippen LogP contribution in [0.25, 0.3) is 0 Å². The Balaban J connectivity index is 2.21. The van der Waals surface area contributed by atoms with Gasteiger partial charge in [0.15, 0.2) is 0 Å². The van der Waals surface area contributed by atoms with Crippen LogP contribution in [0.15, 0.2) is 47.4 Å². The van der Waals surface area contributed by atoms with Gasteiger partial charge >= 0.3 is 0 Å². The van der Waals surface area contributed by atoms with Gasteiger partial charge in [0.05, 0.1) is 12.0 Å². The summed E-state index contributed by atoms with van der Waals surface area (Å²) < 4.78 is 32.7. The van der Waals surface area contributed by atoms with E-state index in [0.717, 1.165) is 5.69 Å². The normalized spacial score (nSPS) is 11.3. The molecular formula is C17H22N2O3S. The van der Waals surface area contributed by atoms with E-state index in [-0.39, 0.29) is 4.90 Å². The van der Waals surface area contributed by atoms with Gasteiger partial charge in [0, 0.05) is 17.4 Å². The van der Waals surface area contributed by atoms with Crippen LogP contribution in [-0.2, 0) is 10.0 Å². The monoisotopic (exact) mass is 334 g/mol. The third-order valence-electron chi connectivity index (χ3n) is 3.26. The second-order valence-corrected chi connectivity index (χ2v) is 7.26. The van der Waals surface area contributed by atoms with Gasteiger partial charge in [0.2, 0.25) is 0 Å². The Hall–Kier alpha value is -2.21. The van der Waals surface area contributed by atoms with Gasteiger partial charge in [0.25, 0.3) is 10.0 Å². The molecule has 0 saturated heterocycles. The topological polar surface area (TPSA) is 67.4 Å². The summed E-state index contributed by atoms with van der Waals surface area (Å²) in [5.41, 5.74) is 2.10. The van der Waals surface area contributed by atoms with Crippen molar-refractivity contribution in [2.24, 2.45) is 0 Å². The molecule has 0 unspecified atom stereocenters. The third kappa shape index (κ3) is 4.39. The van der Waals surface area contributed by atoms with Crippen LogP contribution < -0.4 is 14.8 Å². The molecule has 2 aromatic carbocycles. The SMILES string of the molecule is COc1ccc(S(=O)(=O)Nc2ccc(NC(C)C)cc2)c(C)c1. The minimum absolute atomic E-state index is 0.239. The predicted octanol–water partition coefficient (Wildman–Crippen LogP) is 3.62. The largest absolute Gasteiger partial charge is 0.497 e. The lowest BCUT2D eigenvalue weighted by atomic mass is 10.2. The lowest BCUT2D eigenvalue weighted by Crippen LogP contribution is -2.14. The number of rotatable bonds is 6. The van der Waals surface area contributed by atoms with E-state index >= 15 is 0 Å². The summed E-state index contributed by atoms with van der Waals surface area (Å²) in [7, 11) is -2.08. The Bertz CT molecular complexity index is 769. The van der Waals surface area contributed by atoms with Crippen molar-refractivity contribution in [3.05, 3.63) is 48.0 Å². The molecule has 0 radical (unpaired) electrons. The lowest BCUT2D eigenvalue weighted by Gasteiger charge is -2.13. The molecule has 0 aliphatic carbocycles. The Morgan fingerprint density at radius 3 is 2.13 bits per heavy atom. The molecule has 23 heavy (non-hydrogen) atoms. The van der Waals surface area contributed by atoms with Crippen molar-refractivity contribution in [1.29, 1.82) is 0 Å². The Morgan fingerprint density at radius 1 is 1.00 bits per heavy atom. The molecule has 2 aromatic rings. The summed E-state index contributed by atoms with van der Waals surface area (Å²) in [6.07, 6.45) is 0. The van der Waals surface area contributed by atoms with Crippen LogP contribution in [0.3, 0.4) is 0 Å². The molecule has 0 aromatic heterocycles. The average molecular weight is 334 g/mol. The van der Waals surface area contributed by atoms with Gasteiger partial charge in [-0.3, -0.25) is 4.72 Å². The van der Waals surface area contributed by atoms with Crippen LogP contribution in [0, 0.1) is 6.92 Å². The van der Waals surface area contributed by atoms with Crippen molar-refractivity contribution < 1.29 is 13.2 Å². The van der Waals surface area contributed by atoms with Crippen molar-refractivity contribution in [1.82, 2.24) is 0 Å². The summed E-state index contributed by atoms with van der Waals surface area (Å²) in [5.74, 6) is 0.630. The van der Waals surface area contributed by atoms with Crippen LogP contribution in [0.4, 0.5) is 11.4 Å². The van der Waals surface area contributed by atoms with Crippen molar-refractivity contribution in [3.8, 4) is 5.75 Å². The van der Waals surface area contributed by atoms with Crippen molar-refractivity contribution in [2.45, 2.75) is 31.7 Å². The number of hydrogen-bond donors (Lipinski definition) is 2. The molecule has 2 rings (SSSR count).